The molecule has 5 nitrogen and oxygen atoms in total. The van der Waals surface area contributed by atoms with E-state index in [1.54, 1.807) is 6.07 Å². The molecule has 1 aliphatic rings. The first-order valence-corrected chi connectivity index (χ1v) is 8.28. The minimum absolute atomic E-state index is 0.0399. The van der Waals surface area contributed by atoms with Crippen molar-refractivity contribution in [3.05, 3.63) is 34.9 Å². The van der Waals surface area contributed by atoms with Crippen LogP contribution >= 0.6 is 11.6 Å². The lowest BCUT2D eigenvalue weighted by molar-refractivity contribution is -0.138. The van der Waals surface area contributed by atoms with Crippen LogP contribution in [0.1, 0.15) is 24.8 Å². The van der Waals surface area contributed by atoms with Gasteiger partial charge in [0.05, 0.1) is 13.0 Å². The Bertz CT molecular complexity index is 565. The molecule has 23 heavy (non-hydrogen) atoms. The second kappa shape index (κ2) is 8.31. The summed E-state index contributed by atoms with van der Waals surface area (Å²) < 4.78 is 0. The van der Waals surface area contributed by atoms with Gasteiger partial charge in [0.25, 0.3) is 0 Å². The predicted octanol–water partition coefficient (Wildman–Crippen LogP) is 2.28. The number of benzene rings is 1. The molecule has 0 aromatic heterocycles. The molecule has 1 aromatic rings. The molecule has 1 saturated heterocycles. The molecule has 1 atom stereocenters. The fraction of sp³-hybridized carbons (Fsp3) is 0.529. The number of likely N-dealkylation sites (N-methyl/N-ethyl adjacent to an activating group) is 1. The molecule has 0 aliphatic carbocycles. The van der Waals surface area contributed by atoms with Gasteiger partial charge in [-0.15, -0.1) is 0 Å². The second-order valence-electron chi connectivity index (χ2n) is 6.04. The molecule has 1 aromatic carbocycles. The molecule has 6 heteroatoms. The molecular formula is C17H23ClN2O3. The van der Waals surface area contributed by atoms with Crippen molar-refractivity contribution < 1.29 is 14.7 Å². The molecule has 1 N–H and O–H groups in total. The molecule has 0 saturated carbocycles. The van der Waals surface area contributed by atoms with Crippen LogP contribution in [0.25, 0.3) is 0 Å². The van der Waals surface area contributed by atoms with Crippen molar-refractivity contribution in [2.45, 2.75) is 31.7 Å². The van der Waals surface area contributed by atoms with Crippen LogP contribution in [-0.4, -0.2) is 59.5 Å². The Hall–Kier alpha value is -1.59. The van der Waals surface area contributed by atoms with Gasteiger partial charge in [0.2, 0.25) is 5.91 Å². The smallest absolute Gasteiger partial charge is 0.317 e. The molecular weight excluding hydrogens is 316 g/mol. The quantitative estimate of drug-likeness (QED) is 0.894. The van der Waals surface area contributed by atoms with E-state index >= 15 is 0 Å². The van der Waals surface area contributed by atoms with Crippen LogP contribution in [-0.2, 0) is 16.0 Å². The Morgan fingerprint density at radius 2 is 2.04 bits per heavy atom. The van der Waals surface area contributed by atoms with Crippen molar-refractivity contribution in [2.24, 2.45) is 0 Å². The molecule has 0 bridgehead atoms. The number of rotatable bonds is 5. The van der Waals surface area contributed by atoms with E-state index in [1.807, 2.05) is 35.0 Å². The monoisotopic (exact) mass is 338 g/mol. The minimum atomic E-state index is -0.816. The summed E-state index contributed by atoms with van der Waals surface area (Å²) in [5.41, 5.74) is 0.850. The number of carbonyl (C=O) groups is 2. The lowest BCUT2D eigenvalue weighted by atomic mass is 10.1. The highest BCUT2D eigenvalue weighted by molar-refractivity contribution is 6.31. The van der Waals surface area contributed by atoms with E-state index in [0.29, 0.717) is 18.0 Å². The number of carboxylic acid groups (broad SMARTS) is 1. The Morgan fingerprint density at radius 1 is 1.30 bits per heavy atom. The summed E-state index contributed by atoms with van der Waals surface area (Å²) in [5, 5.41) is 9.52. The first kappa shape index (κ1) is 17.8. The van der Waals surface area contributed by atoms with E-state index in [2.05, 4.69) is 0 Å². The molecule has 0 spiro atoms. The van der Waals surface area contributed by atoms with Crippen molar-refractivity contribution in [3.8, 4) is 0 Å². The predicted molar refractivity (Wildman–Crippen MR) is 89.6 cm³/mol. The molecule has 0 radical (unpaired) electrons. The normalized spacial score (nSPS) is 18.7. The van der Waals surface area contributed by atoms with Crippen LogP contribution in [0.5, 0.6) is 0 Å². The number of nitrogens with zero attached hydrogens (tertiary/aromatic N) is 2. The summed E-state index contributed by atoms with van der Waals surface area (Å²) in [6.45, 7) is 1.43. The van der Waals surface area contributed by atoms with Crippen LogP contribution in [0.3, 0.4) is 0 Å². The van der Waals surface area contributed by atoms with Gasteiger partial charge >= 0.3 is 5.97 Å². The lowest BCUT2D eigenvalue weighted by Crippen LogP contribution is -2.37. The van der Waals surface area contributed by atoms with Gasteiger partial charge in [0.1, 0.15) is 0 Å². The zero-order chi connectivity index (χ0) is 16.8. The van der Waals surface area contributed by atoms with Crippen molar-refractivity contribution >= 4 is 23.5 Å². The summed E-state index contributed by atoms with van der Waals surface area (Å²) in [4.78, 5) is 27.1. The molecule has 1 heterocycles. The summed E-state index contributed by atoms with van der Waals surface area (Å²) in [6, 6.07) is 7.62. The van der Waals surface area contributed by atoms with Gasteiger partial charge in [0, 0.05) is 24.2 Å². The number of likely N-dealkylation sites (tertiary alicyclic amines) is 1. The number of carbonyl (C=O) groups excluding carboxylic acids is 1. The maximum absolute atomic E-state index is 12.5. The maximum Gasteiger partial charge on any atom is 0.317 e. The fourth-order valence-electron chi connectivity index (χ4n) is 3.03. The van der Waals surface area contributed by atoms with Gasteiger partial charge in [-0.05, 0) is 37.9 Å². The highest BCUT2D eigenvalue weighted by atomic mass is 35.5. The largest absolute Gasteiger partial charge is 0.480 e. The van der Waals surface area contributed by atoms with E-state index in [1.165, 1.54) is 0 Å². The third kappa shape index (κ3) is 5.22. The molecule has 2 rings (SSSR count). The molecule has 1 amide bonds. The third-order valence-electron chi connectivity index (χ3n) is 4.36. The standard InChI is InChI=1S/C17H23ClN2O3/c1-19(12-17(22)23)14-6-4-9-20(10-8-14)16(21)11-13-5-2-3-7-15(13)18/h2-3,5,7,14H,4,6,8-12H2,1H3,(H,22,23). The second-order valence-corrected chi connectivity index (χ2v) is 6.45. The first-order valence-electron chi connectivity index (χ1n) is 7.90. The Balaban J connectivity index is 1.91. The number of aliphatic carboxylic acids is 1. The summed E-state index contributed by atoms with van der Waals surface area (Å²) >= 11 is 6.12. The molecule has 1 fully saturated rings. The number of carboxylic acids is 1. The van der Waals surface area contributed by atoms with Crippen LogP contribution in [0.4, 0.5) is 0 Å². The Labute approximate surface area is 141 Å². The zero-order valence-corrected chi connectivity index (χ0v) is 14.1. The number of halogens is 1. The van der Waals surface area contributed by atoms with Crippen molar-refractivity contribution in [1.82, 2.24) is 9.80 Å². The van der Waals surface area contributed by atoms with E-state index in [0.717, 1.165) is 31.4 Å². The SMILES string of the molecule is CN(CC(=O)O)C1CCCN(C(=O)Cc2ccccc2Cl)CC1. The van der Waals surface area contributed by atoms with Crippen LogP contribution in [0, 0.1) is 0 Å². The van der Waals surface area contributed by atoms with Gasteiger partial charge in [0.15, 0.2) is 0 Å². The van der Waals surface area contributed by atoms with Crippen molar-refractivity contribution in [1.29, 1.82) is 0 Å². The van der Waals surface area contributed by atoms with Gasteiger partial charge in [-0.25, -0.2) is 0 Å². The van der Waals surface area contributed by atoms with Crippen LogP contribution < -0.4 is 0 Å². The fourth-order valence-corrected chi connectivity index (χ4v) is 3.23. The average molecular weight is 339 g/mol. The minimum Gasteiger partial charge on any atom is -0.480 e. The Morgan fingerprint density at radius 3 is 2.74 bits per heavy atom. The summed E-state index contributed by atoms with van der Waals surface area (Å²) in [7, 11) is 1.83. The number of amides is 1. The third-order valence-corrected chi connectivity index (χ3v) is 4.73. The highest BCUT2D eigenvalue weighted by Gasteiger charge is 2.24. The van der Waals surface area contributed by atoms with E-state index in [-0.39, 0.29) is 18.5 Å². The Kier molecular flexibility index (Phi) is 6.42. The maximum atomic E-state index is 12.5. The first-order chi connectivity index (χ1) is 11.0. The van der Waals surface area contributed by atoms with Gasteiger partial charge in [-0.1, -0.05) is 29.8 Å². The number of hydrogen-bond donors (Lipinski definition) is 1. The summed E-state index contributed by atoms with van der Waals surface area (Å²) in [6.07, 6.45) is 2.93. The van der Waals surface area contributed by atoms with Crippen LogP contribution in [0.15, 0.2) is 24.3 Å². The van der Waals surface area contributed by atoms with Gasteiger partial charge in [-0.2, -0.15) is 0 Å². The average Bonchev–Trinajstić information content (AvgIpc) is 2.75. The molecule has 1 aliphatic heterocycles. The van der Waals surface area contributed by atoms with Gasteiger partial charge < -0.3 is 10.0 Å². The van der Waals surface area contributed by atoms with Gasteiger partial charge in [-0.3, -0.25) is 14.5 Å². The van der Waals surface area contributed by atoms with Crippen LogP contribution in [0.2, 0.25) is 5.02 Å². The number of hydrogen-bond acceptors (Lipinski definition) is 3. The summed E-state index contributed by atoms with van der Waals surface area (Å²) in [5.74, 6) is -0.733. The zero-order valence-electron chi connectivity index (χ0n) is 13.4. The van der Waals surface area contributed by atoms with E-state index in [4.69, 9.17) is 16.7 Å². The highest BCUT2D eigenvalue weighted by Crippen LogP contribution is 2.19. The van der Waals surface area contributed by atoms with Crippen molar-refractivity contribution in [2.75, 3.05) is 26.7 Å². The molecule has 126 valence electrons. The molecule has 1 unspecified atom stereocenters. The topological polar surface area (TPSA) is 60.9 Å². The van der Waals surface area contributed by atoms with E-state index < -0.39 is 5.97 Å². The van der Waals surface area contributed by atoms with E-state index in [9.17, 15) is 9.59 Å². The van der Waals surface area contributed by atoms with Crippen molar-refractivity contribution in [3.63, 3.8) is 0 Å². The lowest BCUT2D eigenvalue weighted by Gasteiger charge is -2.25.